The summed E-state index contributed by atoms with van der Waals surface area (Å²) < 4.78 is 29.6. The Balaban J connectivity index is 0.000000197. The van der Waals surface area contributed by atoms with Crippen LogP contribution in [0.5, 0.6) is 0 Å². The van der Waals surface area contributed by atoms with Gasteiger partial charge >= 0.3 is 5.97 Å². The molecule has 1 aromatic carbocycles. The topological polar surface area (TPSA) is 138 Å². The van der Waals surface area contributed by atoms with Gasteiger partial charge < -0.3 is 10.8 Å². The Hall–Kier alpha value is -1.59. The van der Waals surface area contributed by atoms with Crippen LogP contribution < -0.4 is 5.73 Å². The largest absolute Gasteiger partial charge is 0.477 e. The molecule has 2 aliphatic rings. The van der Waals surface area contributed by atoms with Gasteiger partial charge in [-0.25, -0.2) is 4.79 Å². The number of amides is 1. The predicted molar refractivity (Wildman–Crippen MR) is 97.4 cm³/mol. The fraction of sp³-hybridized carbons (Fsp3) is 0.333. The summed E-state index contributed by atoms with van der Waals surface area (Å²) in [4.78, 5) is 23.6. The molecule has 0 aliphatic carbocycles. The summed E-state index contributed by atoms with van der Waals surface area (Å²) in [7, 11) is -4.02. The maximum atomic E-state index is 11.4. The maximum Gasteiger partial charge on any atom is 0.352 e. The van der Waals surface area contributed by atoms with Gasteiger partial charge in [-0.05, 0) is 24.6 Å². The van der Waals surface area contributed by atoms with Gasteiger partial charge in [0.05, 0.1) is 4.90 Å². The van der Waals surface area contributed by atoms with Crippen molar-refractivity contribution in [3.63, 3.8) is 0 Å². The zero-order valence-electron chi connectivity index (χ0n) is 13.6. The number of benzene rings is 1. The number of nitrogens with two attached hydrogens (primary N) is 1. The molecule has 1 amide bonds. The SMILES string of the molecule is Cc1ccc(S(=O)(=O)O)cc1.NC1C(=O)N2C(C(=O)O)=C(CCl)CS[C@@H]12. The number of carbonyl (C=O) groups is 2. The molecule has 1 unspecified atom stereocenters. The molecular weight excluding hydrogens is 404 g/mol. The van der Waals surface area contributed by atoms with E-state index in [0.29, 0.717) is 11.3 Å². The van der Waals surface area contributed by atoms with Crippen LogP contribution in [0.4, 0.5) is 0 Å². The molecule has 2 atom stereocenters. The normalized spacial score (nSPS) is 22.2. The van der Waals surface area contributed by atoms with Crippen molar-refractivity contribution in [2.24, 2.45) is 5.73 Å². The van der Waals surface area contributed by atoms with E-state index in [9.17, 15) is 18.0 Å². The van der Waals surface area contributed by atoms with Crippen molar-refractivity contribution in [3.05, 3.63) is 41.1 Å². The second-order valence-corrected chi connectivity index (χ2v) is 8.41. The molecule has 11 heteroatoms. The first-order chi connectivity index (χ1) is 12.1. The molecule has 0 saturated carbocycles. The number of carbonyl (C=O) groups excluding carboxylic acids is 1. The van der Waals surface area contributed by atoms with E-state index in [1.807, 2.05) is 6.92 Å². The van der Waals surface area contributed by atoms with E-state index >= 15 is 0 Å². The van der Waals surface area contributed by atoms with E-state index < -0.39 is 22.1 Å². The third-order valence-electron chi connectivity index (χ3n) is 3.77. The van der Waals surface area contributed by atoms with E-state index in [0.717, 1.165) is 5.56 Å². The molecule has 1 fully saturated rings. The van der Waals surface area contributed by atoms with E-state index in [1.165, 1.54) is 28.8 Å². The lowest BCUT2D eigenvalue weighted by Gasteiger charge is -2.47. The Morgan fingerprint density at radius 3 is 2.42 bits per heavy atom. The molecule has 0 bridgehead atoms. The summed E-state index contributed by atoms with van der Waals surface area (Å²) in [6, 6.07) is 5.41. The van der Waals surface area contributed by atoms with E-state index in [4.69, 9.17) is 27.0 Å². The van der Waals surface area contributed by atoms with Crippen LogP contribution in [0.15, 0.2) is 40.4 Å². The first kappa shape index (κ1) is 20.7. The van der Waals surface area contributed by atoms with Gasteiger partial charge in [-0.15, -0.1) is 23.4 Å². The van der Waals surface area contributed by atoms with Crippen molar-refractivity contribution in [2.75, 3.05) is 11.6 Å². The number of carboxylic acid groups (broad SMARTS) is 1. The highest BCUT2D eigenvalue weighted by Crippen LogP contribution is 2.39. The van der Waals surface area contributed by atoms with Crippen LogP contribution in [0.1, 0.15) is 5.56 Å². The number of fused-ring (bicyclic) bond motifs is 1. The van der Waals surface area contributed by atoms with Gasteiger partial charge in [0.2, 0.25) is 5.91 Å². The number of thioether (sulfide) groups is 1. The monoisotopic (exact) mass is 420 g/mol. The number of β-lactam (4-membered cyclic amide) rings is 1. The van der Waals surface area contributed by atoms with Crippen molar-refractivity contribution in [2.45, 2.75) is 23.2 Å². The highest BCUT2D eigenvalue weighted by molar-refractivity contribution is 8.00. The molecule has 142 valence electrons. The van der Waals surface area contributed by atoms with Crippen molar-refractivity contribution < 1.29 is 27.7 Å². The molecule has 4 N–H and O–H groups in total. The first-order valence-corrected chi connectivity index (χ1v) is 10.4. The maximum absolute atomic E-state index is 11.4. The molecule has 26 heavy (non-hydrogen) atoms. The summed E-state index contributed by atoms with van der Waals surface area (Å²) in [6.07, 6.45) is 0. The third-order valence-corrected chi connectivity index (χ3v) is 6.32. The van der Waals surface area contributed by atoms with E-state index in [1.54, 1.807) is 12.1 Å². The average Bonchev–Trinajstić information content (AvgIpc) is 2.59. The quantitative estimate of drug-likeness (QED) is 0.374. The van der Waals surface area contributed by atoms with Crippen LogP contribution in [-0.4, -0.2) is 57.9 Å². The Labute approximate surface area is 159 Å². The van der Waals surface area contributed by atoms with Crippen LogP contribution in [0.2, 0.25) is 0 Å². The minimum atomic E-state index is -4.02. The molecule has 1 aromatic rings. The van der Waals surface area contributed by atoms with Crippen LogP contribution in [-0.2, 0) is 19.7 Å². The fourth-order valence-electron chi connectivity index (χ4n) is 2.39. The molecule has 1 saturated heterocycles. The summed E-state index contributed by atoms with van der Waals surface area (Å²) >= 11 is 7.09. The molecular formula is C15H17ClN2O6S2. The number of rotatable bonds is 3. The lowest BCUT2D eigenvalue weighted by molar-refractivity contribution is -0.147. The molecule has 8 nitrogen and oxygen atoms in total. The zero-order chi connectivity index (χ0) is 19.6. The molecule has 0 radical (unpaired) electrons. The minimum absolute atomic E-state index is 0.0143. The zero-order valence-corrected chi connectivity index (χ0v) is 16.0. The minimum Gasteiger partial charge on any atom is -0.477 e. The summed E-state index contributed by atoms with van der Waals surface area (Å²) in [5.41, 5.74) is 7.11. The summed E-state index contributed by atoms with van der Waals surface area (Å²) in [6.45, 7) is 1.84. The van der Waals surface area contributed by atoms with Gasteiger partial charge in [-0.2, -0.15) is 8.42 Å². The fourth-order valence-corrected chi connectivity index (χ4v) is 4.50. The second kappa shape index (κ2) is 7.97. The number of hydrogen-bond donors (Lipinski definition) is 3. The standard InChI is InChI=1S/C8H9ClN2O3S.C7H8O3S/c9-1-3-2-15-7-4(10)6(12)11(7)5(3)8(13)14;1-6-2-4-7(5-3-6)11(8,9)10/h4,7H,1-2,10H2,(H,13,14);2-5H,1H3,(H,8,9,10)/t4?,7-;/m0./s1. The molecule has 0 spiro atoms. The smallest absolute Gasteiger partial charge is 0.352 e. The van der Waals surface area contributed by atoms with Crippen molar-refractivity contribution >= 4 is 45.4 Å². The van der Waals surface area contributed by atoms with Gasteiger partial charge in [0.25, 0.3) is 10.1 Å². The van der Waals surface area contributed by atoms with Gasteiger partial charge in [-0.1, -0.05) is 17.7 Å². The first-order valence-electron chi connectivity index (χ1n) is 7.33. The van der Waals surface area contributed by atoms with Crippen LogP contribution >= 0.6 is 23.4 Å². The number of nitrogens with zero attached hydrogens (tertiary/aromatic N) is 1. The highest BCUT2D eigenvalue weighted by atomic mass is 35.5. The Morgan fingerprint density at radius 1 is 1.38 bits per heavy atom. The number of halogens is 1. The Kier molecular flexibility index (Phi) is 6.35. The summed E-state index contributed by atoms with van der Waals surface area (Å²) in [5, 5.41) is 8.77. The van der Waals surface area contributed by atoms with Gasteiger partial charge in [0.1, 0.15) is 17.1 Å². The Bertz CT molecular complexity index is 853. The second-order valence-electron chi connectivity index (χ2n) is 5.61. The van der Waals surface area contributed by atoms with Gasteiger partial charge in [0, 0.05) is 11.6 Å². The van der Waals surface area contributed by atoms with Crippen molar-refractivity contribution in [3.8, 4) is 0 Å². The predicted octanol–water partition coefficient (Wildman–Crippen LogP) is 1.05. The lowest BCUT2D eigenvalue weighted by Crippen LogP contribution is -2.68. The average molecular weight is 421 g/mol. The number of alkyl halides is 1. The van der Waals surface area contributed by atoms with Crippen molar-refractivity contribution in [1.82, 2.24) is 4.90 Å². The molecule has 3 rings (SSSR count). The van der Waals surface area contributed by atoms with E-state index in [2.05, 4.69) is 0 Å². The number of hydrogen-bond acceptors (Lipinski definition) is 6. The van der Waals surface area contributed by atoms with Gasteiger partial charge in [-0.3, -0.25) is 14.2 Å². The molecule has 0 aromatic heterocycles. The number of aliphatic carboxylic acids is 1. The van der Waals surface area contributed by atoms with Crippen LogP contribution in [0.25, 0.3) is 0 Å². The third kappa shape index (κ3) is 4.21. The molecule has 2 heterocycles. The molecule has 2 aliphatic heterocycles. The van der Waals surface area contributed by atoms with E-state index in [-0.39, 0.29) is 27.8 Å². The lowest BCUT2D eigenvalue weighted by atomic mass is 10.0. The summed E-state index contributed by atoms with van der Waals surface area (Å²) in [5.74, 6) is -0.809. The number of aryl methyl sites for hydroxylation is 1. The number of carboxylic acids is 1. The van der Waals surface area contributed by atoms with Crippen LogP contribution in [0.3, 0.4) is 0 Å². The van der Waals surface area contributed by atoms with Crippen molar-refractivity contribution in [1.29, 1.82) is 0 Å². The van der Waals surface area contributed by atoms with Gasteiger partial charge in [0.15, 0.2) is 0 Å². The Morgan fingerprint density at radius 2 is 1.96 bits per heavy atom. The highest BCUT2D eigenvalue weighted by Gasteiger charge is 2.51. The van der Waals surface area contributed by atoms with Crippen LogP contribution in [0, 0.1) is 6.92 Å².